The maximum atomic E-state index is 15.7. The summed E-state index contributed by atoms with van der Waals surface area (Å²) in [5.41, 5.74) is 4.60. The van der Waals surface area contributed by atoms with E-state index in [2.05, 4.69) is 4.98 Å². The Morgan fingerprint density at radius 1 is 1.05 bits per heavy atom. The van der Waals surface area contributed by atoms with E-state index in [0.717, 1.165) is 22.4 Å². The first-order valence-electron chi connectivity index (χ1n) is 14.6. The molecule has 0 amide bonds. The number of rotatable bonds is 8. The number of ether oxygens (including phenoxy) is 2. The first-order valence-corrected chi connectivity index (χ1v) is 14.6. The molecule has 1 atom stereocenters. The fourth-order valence-corrected chi connectivity index (χ4v) is 6.36. The number of aromatic nitrogens is 2. The van der Waals surface area contributed by atoms with E-state index in [-0.39, 0.29) is 24.3 Å². The molecule has 12 heteroatoms. The van der Waals surface area contributed by atoms with Gasteiger partial charge in [-0.05, 0) is 55.7 Å². The molecule has 2 aliphatic heterocycles. The normalized spacial score (nSPS) is 19.2. The summed E-state index contributed by atoms with van der Waals surface area (Å²) in [5, 5.41) is 9.08. The molecule has 0 saturated carbocycles. The number of anilines is 1. The van der Waals surface area contributed by atoms with E-state index in [0.29, 0.717) is 61.8 Å². The van der Waals surface area contributed by atoms with E-state index in [1.807, 2.05) is 28.9 Å². The summed E-state index contributed by atoms with van der Waals surface area (Å²) in [6.07, 6.45) is 3.63. The van der Waals surface area contributed by atoms with Gasteiger partial charge in [0.2, 0.25) is 0 Å². The number of aryl methyl sites for hydroxylation is 1. The fraction of sp³-hybridized carbons (Fsp3) is 0.469. The van der Waals surface area contributed by atoms with E-state index < -0.39 is 17.9 Å². The molecule has 0 radical (unpaired) electrons. The molecule has 2 aliphatic rings. The van der Waals surface area contributed by atoms with Gasteiger partial charge < -0.3 is 24.0 Å². The molecule has 1 unspecified atom stereocenters. The van der Waals surface area contributed by atoms with Crippen molar-refractivity contribution in [3.63, 3.8) is 0 Å². The van der Waals surface area contributed by atoms with Gasteiger partial charge in [-0.3, -0.25) is 14.6 Å². The maximum Gasteiger partial charge on any atom is 0.354 e. The molecule has 2 fully saturated rings. The van der Waals surface area contributed by atoms with Crippen LogP contribution >= 0.6 is 0 Å². The van der Waals surface area contributed by atoms with E-state index >= 15 is 8.78 Å². The van der Waals surface area contributed by atoms with Crippen LogP contribution in [0.5, 0.6) is 11.5 Å². The van der Waals surface area contributed by atoms with Crippen LogP contribution in [0.4, 0.5) is 14.5 Å². The fourth-order valence-electron chi connectivity index (χ4n) is 6.36. The summed E-state index contributed by atoms with van der Waals surface area (Å²) >= 11 is 0. The molecule has 1 N–H and O–H groups in total. The average molecular weight is 612 g/mol. The SMILES string of the molecule is COc1cc(-c2cn(C)c(=O)c(C)c2C)cc(OC)c1CN1CCC(N2CCN(c3ccc(C(=O)O)nc3)CC2)C(F)(F)C1. The summed E-state index contributed by atoms with van der Waals surface area (Å²) in [5.74, 6) is -2.93. The molecule has 0 aliphatic carbocycles. The molecule has 0 bridgehead atoms. The minimum absolute atomic E-state index is 0.0283. The quantitative estimate of drug-likeness (QED) is 0.408. The highest BCUT2D eigenvalue weighted by Crippen LogP contribution is 2.39. The van der Waals surface area contributed by atoms with Gasteiger partial charge in [-0.1, -0.05) is 0 Å². The van der Waals surface area contributed by atoms with Gasteiger partial charge in [0.15, 0.2) is 0 Å². The number of nitrogens with zero attached hydrogens (tertiary/aromatic N) is 5. The first kappa shape index (κ1) is 31.4. The summed E-state index contributed by atoms with van der Waals surface area (Å²) in [6.45, 7) is 6.13. The second-order valence-electron chi connectivity index (χ2n) is 11.6. The molecule has 3 aromatic rings. The summed E-state index contributed by atoms with van der Waals surface area (Å²) in [6, 6.07) is 6.05. The molecule has 1 aromatic carbocycles. The third-order valence-corrected chi connectivity index (χ3v) is 8.96. The van der Waals surface area contributed by atoms with E-state index in [1.54, 1.807) is 49.9 Å². The van der Waals surface area contributed by atoms with Crippen molar-refractivity contribution in [1.29, 1.82) is 0 Å². The molecule has 44 heavy (non-hydrogen) atoms. The zero-order chi connectivity index (χ0) is 31.8. The second-order valence-corrected chi connectivity index (χ2v) is 11.6. The topological polar surface area (TPSA) is 100 Å². The van der Waals surface area contributed by atoms with Crippen molar-refractivity contribution in [1.82, 2.24) is 19.4 Å². The Balaban J connectivity index is 1.28. The van der Waals surface area contributed by atoms with E-state index in [4.69, 9.17) is 14.6 Å². The number of likely N-dealkylation sites (tertiary alicyclic amines) is 1. The van der Waals surface area contributed by atoms with Gasteiger partial charge >= 0.3 is 5.97 Å². The van der Waals surface area contributed by atoms with Crippen molar-refractivity contribution in [3.05, 3.63) is 69.4 Å². The highest BCUT2D eigenvalue weighted by Gasteiger charge is 2.48. The van der Waals surface area contributed by atoms with Crippen molar-refractivity contribution in [3.8, 4) is 22.6 Å². The van der Waals surface area contributed by atoms with Crippen LogP contribution in [-0.4, -0.2) is 95.9 Å². The van der Waals surface area contributed by atoms with Crippen LogP contribution in [0.15, 0.2) is 41.5 Å². The third kappa shape index (κ3) is 6.14. The van der Waals surface area contributed by atoms with Crippen molar-refractivity contribution in [2.75, 3.05) is 58.4 Å². The summed E-state index contributed by atoms with van der Waals surface area (Å²) < 4.78 is 44.4. The molecular formula is C32H39F2N5O5. The number of benzene rings is 1. The van der Waals surface area contributed by atoms with Crippen molar-refractivity contribution in [2.24, 2.45) is 7.05 Å². The number of halogens is 2. The number of carboxylic acid groups (broad SMARTS) is 1. The predicted molar refractivity (Wildman–Crippen MR) is 163 cm³/mol. The van der Waals surface area contributed by atoms with Crippen LogP contribution in [-0.2, 0) is 13.6 Å². The molecule has 4 heterocycles. The van der Waals surface area contributed by atoms with Gasteiger partial charge in [-0.15, -0.1) is 0 Å². The highest BCUT2D eigenvalue weighted by molar-refractivity contribution is 5.85. The number of carboxylic acids is 1. The van der Waals surface area contributed by atoms with Gasteiger partial charge in [0.1, 0.15) is 17.2 Å². The number of methoxy groups -OCH3 is 2. The molecule has 236 valence electrons. The molecular weight excluding hydrogens is 572 g/mol. The van der Waals surface area contributed by atoms with Crippen LogP contribution < -0.4 is 19.9 Å². The van der Waals surface area contributed by atoms with Crippen LogP contribution in [0.3, 0.4) is 0 Å². The van der Waals surface area contributed by atoms with Crippen molar-refractivity contribution in [2.45, 2.75) is 38.8 Å². The molecule has 2 saturated heterocycles. The Morgan fingerprint density at radius 2 is 1.70 bits per heavy atom. The van der Waals surface area contributed by atoms with E-state index in [1.165, 1.54) is 12.3 Å². The van der Waals surface area contributed by atoms with Crippen LogP contribution in [0.2, 0.25) is 0 Å². The van der Waals surface area contributed by atoms with Gasteiger partial charge in [0, 0.05) is 63.6 Å². The van der Waals surface area contributed by atoms with Gasteiger partial charge in [0.25, 0.3) is 11.5 Å². The van der Waals surface area contributed by atoms with Gasteiger partial charge in [-0.2, -0.15) is 0 Å². The number of hydrogen-bond donors (Lipinski definition) is 1. The number of pyridine rings is 2. The molecule has 2 aromatic heterocycles. The number of carbonyl (C=O) groups is 1. The first-order chi connectivity index (χ1) is 20.9. The zero-order valence-corrected chi connectivity index (χ0v) is 25.8. The third-order valence-electron chi connectivity index (χ3n) is 8.96. The smallest absolute Gasteiger partial charge is 0.354 e. The lowest BCUT2D eigenvalue weighted by atomic mass is 9.95. The number of aromatic carboxylic acids is 1. The summed E-state index contributed by atoms with van der Waals surface area (Å²) in [7, 11) is 4.82. The number of piperidine rings is 1. The van der Waals surface area contributed by atoms with E-state index in [9.17, 15) is 9.59 Å². The highest BCUT2D eigenvalue weighted by atomic mass is 19.3. The lowest BCUT2D eigenvalue weighted by Gasteiger charge is -2.46. The Bertz CT molecular complexity index is 1560. The molecule has 5 rings (SSSR count). The predicted octanol–water partition coefficient (Wildman–Crippen LogP) is 3.81. The van der Waals surface area contributed by atoms with Crippen molar-refractivity contribution >= 4 is 11.7 Å². The van der Waals surface area contributed by atoms with Crippen LogP contribution in [0.1, 0.15) is 33.6 Å². The second kappa shape index (κ2) is 12.5. The maximum absolute atomic E-state index is 15.7. The Kier molecular flexibility index (Phi) is 8.94. The Morgan fingerprint density at radius 3 is 2.25 bits per heavy atom. The minimum Gasteiger partial charge on any atom is -0.496 e. The monoisotopic (exact) mass is 611 g/mol. The molecule has 0 spiro atoms. The lowest BCUT2D eigenvalue weighted by Crippen LogP contribution is -2.61. The standard InChI is InChI=1S/C32H39F2N5O5/c1-20-21(2)30(40)36(3)17-24(20)22-14-27(43-4)25(28(15-22)44-5)18-37-9-8-29(32(33,34)19-37)39-12-10-38(11-13-39)23-6-7-26(31(41)42)35-16-23/h6-7,14-17,29H,8-13,18-19H2,1-5H3,(H,41,42). The van der Waals surface area contributed by atoms with Crippen LogP contribution in [0.25, 0.3) is 11.1 Å². The molecule has 10 nitrogen and oxygen atoms in total. The largest absolute Gasteiger partial charge is 0.496 e. The van der Waals surface area contributed by atoms with Crippen LogP contribution in [0, 0.1) is 13.8 Å². The van der Waals surface area contributed by atoms with Gasteiger partial charge in [0.05, 0.1) is 44.3 Å². The summed E-state index contributed by atoms with van der Waals surface area (Å²) in [4.78, 5) is 33.1. The number of piperazine rings is 1. The Labute approximate surface area is 255 Å². The number of hydrogen-bond acceptors (Lipinski definition) is 8. The lowest BCUT2D eigenvalue weighted by molar-refractivity contribution is -0.129. The van der Waals surface area contributed by atoms with Crippen molar-refractivity contribution < 1.29 is 28.2 Å². The minimum atomic E-state index is -2.92. The Hall–Kier alpha value is -4.03. The average Bonchev–Trinajstić information content (AvgIpc) is 3.01. The number of alkyl halides is 2. The zero-order valence-electron chi connectivity index (χ0n) is 25.8. The van der Waals surface area contributed by atoms with Gasteiger partial charge in [-0.25, -0.2) is 18.6 Å².